The number of carboxylic acids is 1. The minimum atomic E-state index is -0.766. The van der Waals surface area contributed by atoms with Gasteiger partial charge in [0, 0.05) is 12.6 Å². The van der Waals surface area contributed by atoms with Crippen LogP contribution in [-0.2, 0) is 17.8 Å². The van der Waals surface area contributed by atoms with Crippen molar-refractivity contribution in [2.75, 3.05) is 0 Å². The summed E-state index contributed by atoms with van der Waals surface area (Å²) < 4.78 is 0. The van der Waals surface area contributed by atoms with Crippen LogP contribution in [0.25, 0.3) is 0 Å². The van der Waals surface area contributed by atoms with Gasteiger partial charge in [-0.25, -0.2) is 0 Å². The maximum atomic E-state index is 10.9. The van der Waals surface area contributed by atoms with Crippen LogP contribution in [0.5, 0.6) is 0 Å². The highest BCUT2D eigenvalue weighted by Gasteiger charge is 2.23. The predicted molar refractivity (Wildman–Crippen MR) is 80.6 cm³/mol. The van der Waals surface area contributed by atoms with Crippen molar-refractivity contribution in [1.29, 1.82) is 0 Å². The van der Waals surface area contributed by atoms with Gasteiger partial charge >= 0.3 is 5.97 Å². The van der Waals surface area contributed by atoms with Gasteiger partial charge in [-0.05, 0) is 42.2 Å². The Bertz CT molecular complexity index is 448. The van der Waals surface area contributed by atoms with Crippen molar-refractivity contribution >= 4 is 5.97 Å². The summed E-state index contributed by atoms with van der Waals surface area (Å²) in [5, 5.41) is 12.6. The van der Waals surface area contributed by atoms with Crippen LogP contribution >= 0.6 is 0 Å². The van der Waals surface area contributed by atoms with E-state index in [4.69, 9.17) is 5.11 Å². The van der Waals surface area contributed by atoms with Crippen LogP contribution in [0.4, 0.5) is 0 Å². The maximum absolute atomic E-state index is 10.9. The average Bonchev–Trinajstić information content (AvgIpc) is 2.36. The van der Waals surface area contributed by atoms with E-state index in [1.807, 2.05) is 24.3 Å². The molecular formula is C17H25NO2. The van der Waals surface area contributed by atoms with Gasteiger partial charge in [-0.15, -0.1) is 0 Å². The molecule has 2 N–H and O–H groups in total. The molecule has 1 aromatic carbocycles. The summed E-state index contributed by atoms with van der Waals surface area (Å²) in [6.45, 7) is 5.42. The zero-order valence-electron chi connectivity index (χ0n) is 12.4. The van der Waals surface area contributed by atoms with Gasteiger partial charge < -0.3 is 10.4 Å². The van der Waals surface area contributed by atoms with Crippen LogP contribution in [0, 0.1) is 11.8 Å². The van der Waals surface area contributed by atoms with E-state index in [2.05, 4.69) is 19.2 Å². The SMILES string of the molecule is CC1CC(C)CC(NCc2ccccc2CC(=O)O)C1. The van der Waals surface area contributed by atoms with Crippen LogP contribution < -0.4 is 5.32 Å². The molecule has 3 nitrogen and oxygen atoms in total. The van der Waals surface area contributed by atoms with Crippen LogP contribution in [0.15, 0.2) is 24.3 Å². The number of carboxylic acid groups (broad SMARTS) is 1. The topological polar surface area (TPSA) is 49.3 Å². The lowest BCUT2D eigenvalue weighted by molar-refractivity contribution is -0.136. The molecule has 2 atom stereocenters. The van der Waals surface area contributed by atoms with E-state index < -0.39 is 5.97 Å². The fraction of sp³-hybridized carbons (Fsp3) is 0.588. The molecule has 20 heavy (non-hydrogen) atoms. The summed E-state index contributed by atoms with van der Waals surface area (Å²) in [7, 11) is 0. The van der Waals surface area contributed by atoms with E-state index in [1.54, 1.807) is 0 Å². The van der Waals surface area contributed by atoms with E-state index in [-0.39, 0.29) is 6.42 Å². The van der Waals surface area contributed by atoms with Crippen LogP contribution in [0.2, 0.25) is 0 Å². The van der Waals surface area contributed by atoms with Gasteiger partial charge in [0.15, 0.2) is 0 Å². The van der Waals surface area contributed by atoms with Crippen molar-refractivity contribution in [2.45, 2.75) is 52.1 Å². The Kier molecular flexibility index (Phi) is 5.18. The first-order chi connectivity index (χ1) is 9.54. The van der Waals surface area contributed by atoms with Gasteiger partial charge in [0.1, 0.15) is 0 Å². The number of hydrogen-bond acceptors (Lipinski definition) is 2. The van der Waals surface area contributed by atoms with Crippen molar-refractivity contribution < 1.29 is 9.90 Å². The standard InChI is InChI=1S/C17H25NO2/c1-12-7-13(2)9-16(8-12)18-11-15-6-4-3-5-14(15)10-17(19)20/h3-6,12-13,16,18H,7-11H2,1-2H3,(H,19,20). The monoisotopic (exact) mass is 275 g/mol. The van der Waals surface area contributed by atoms with Crippen LogP contribution in [0.1, 0.15) is 44.2 Å². The first kappa shape index (κ1) is 15.0. The minimum absolute atomic E-state index is 0.106. The van der Waals surface area contributed by atoms with Crippen molar-refractivity contribution in [1.82, 2.24) is 5.32 Å². The Hall–Kier alpha value is -1.35. The number of rotatable bonds is 5. The van der Waals surface area contributed by atoms with Gasteiger partial charge in [0.2, 0.25) is 0 Å². The summed E-state index contributed by atoms with van der Waals surface area (Å²) in [4.78, 5) is 10.9. The Labute approximate surface area is 121 Å². The molecule has 0 amide bonds. The predicted octanol–water partition coefficient (Wildman–Crippen LogP) is 3.23. The summed E-state index contributed by atoms with van der Waals surface area (Å²) in [6, 6.07) is 8.39. The summed E-state index contributed by atoms with van der Waals surface area (Å²) >= 11 is 0. The summed E-state index contributed by atoms with van der Waals surface area (Å²) in [5.74, 6) is 0.799. The van der Waals surface area contributed by atoms with Crippen molar-refractivity contribution in [2.24, 2.45) is 11.8 Å². The third-order valence-corrected chi connectivity index (χ3v) is 4.22. The highest BCUT2D eigenvalue weighted by atomic mass is 16.4. The van der Waals surface area contributed by atoms with E-state index in [0.717, 1.165) is 29.5 Å². The number of hydrogen-bond donors (Lipinski definition) is 2. The Morgan fingerprint density at radius 1 is 1.15 bits per heavy atom. The molecule has 0 bridgehead atoms. The molecule has 1 fully saturated rings. The quantitative estimate of drug-likeness (QED) is 0.867. The van der Waals surface area contributed by atoms with Crippen LogP contribution in [0.3, 0.4) is 0 Å². The molecule has 0 aromatic heterocycles. The molecule has 2 unspecified atom stereocenters. The van der Waals surface area contributed by atoms with E-state index in [9.17, 15) is 4.79 Å². The van der Waals surface area contributed by atoms with Gasteiger partial charge in [0.25, 0.3) is 0 Å². The van der Waals surface area contributed by atoms with Gasteiger partial charge in [-0.1, -0.05) is 38.1 Å². The molecule has 0 aliphatic heterocycles. The fourth-order valence-corrected chi connectivity index (χ4v) is 3.43. The van der Waals surface area contributed by atoms with Gasteiger partial charge in [-0.2, -0.15) is 0 Å². The molecule has 1 saturated carbocycles. The average molecular weight is 275 g/mol. The molecule has 0 radical (unpaired) electrons. The zero-order valence-corrected chi connectivity index (χ0v) is 12.4. The molecular weight excluding hydrogens is 250 g/mol. The first-order valence-corrected chi connectivity index (χ1v) is 7.56. The third-order valence-electron chi connectivity index (χ3n) is 4.22. The lowest BCUT2D eigenvalue weighted by atomic mass is 9.80. The largest absolute Gasteiger partial charge is 0.481 e. The lowest BCUT2D eigenvalue weighted by Crippen LogP contribution is -2.36. The highest BCUT2D eigenvalue weighted by Crippen LogP contribution is 2.28. The molecule has 0 spiro atoms. The molecule has 110 valence electrons. The molecule has 0 heterocycles. The summed E-state index contributed by atoms with van der Waals surface area (Å²) in [6.07, 6.45) is 3.89. The molecule has 1 aliphatic carbocycles. The third kappa shape index (κ3) is 4.34. The van der Waals surface area contributed by atoms with E-state index >= 15 is 0 Å². The first-order valence-electron chi connectivity index (χ1n) is 7.56. The van der Waals surface area contributed by atoms with Crippen molar-refractivity contribution in [3.63, 3.8) is 0 Å². The number of nitrogens with one attached hydrogen (secondary N) is 1. The maximum Gasteiger partial charge on any atom is 0.307 e. The smallest absolute Gasteiger partial charge is 0.307 e. The Morgan fingerprint density at radius 2 is 1.75 bits per heavy atom. The second kappa shape index (κ2) is 6.89. The Morgan fingerprint density at radius 3 is 2.35 bits per heavy atom. The summed E-state index contributed by atoms with van der Waals surface area (Å²) in [5.41, 5.74) is 2.03. The van der Waals surface area contributed by atoms with Crippen LogP contribution in [-0.4, -0.2) is 17.1 Å². The highest BCUT2D eigenvalue weighted by molar-refractivity contribution is 5.70. The number of carbonyl (C=O) groups is 1. The number of aliphatic carboxylic acids is 1. The Balaban J connectivity index is 1.95. The van der Waals surface area contributed by atoms with Gasteiger partial charge in [-0.3, -0.25) is 4.79 Å². The minimum Gasteiger partial charge on any atom is -0.481 e. The fourth-order valence-electron chi connectivity index (χ4n) is 3.43. The normalized spacial score (nSPS) is 26.4. The molecule has 2 rings (SSSR count). The van der Waals surface area contributed by atoms with Crippen molar-refractivity contribution in [3.8, 4) is 0 Å². The second-order valence-electron chi connectivity index (χ2n) is 6.33. The molecule has 1 aliphatic rings. The molecule has 0 saturated heterocycles. The second-order valence-corrected chi connectivity index (χ2v) is 6.33. The molecule has 3 heteroatoms. The zero-order chi connectivity index (χ0) is 14.5. The van der Waals surface area contributed by atoms with Gasteiger partial charge in [0.05, 0.1) is 6.42 Å². The van der Waals surface area contributed by atoms with Crippen molar-refractivity contribution in [3.05, 3.63) is 35.4 Å². The van der Waals surface area contributed by atoms with E-state index in [0.29, 0.717) is 6.04 Å². The lowest BCUT2D eigenvalue weighted by Gasteiger charge is -2.32. The molecule has 1 aromatic rings. The number of benzene rings is 1. The van der Waals surface area contributed by atoms with E-state index in [1.165, 1.54) is 19.3 Å².